The fourth-order valence-corrected chi connectivity index (χ4v) is 1.04. The van der Waals surface area contributed by atoms with Crippen LogP contribution in [-0.4, -0.2) is 20.1 Å². The van der Waals surface area contributed by atoms with Crippen molar-refractivity contribution in [2.75, 3.05) is 14.2 Å². The van der Waals surface area contributed by atoms with E-state index in [1.165, 1.54) is 7.11 Å². The predicted molar refractivity (Wildman–Crippen MR) is 45.3 cm³/mol. The molecule has 0 aliphatic heterocycles. The van der Waals surface area contributed by atoms with Crippen molar-refractivity contribution in [3.8, 4) is 0 Å². The van der Waals surface area contributed by atoms with Gasteiger partial charge in [0.05, 0.1) is 14.2 Å². The minimum Gasteiger partial charge on any atom is -0.465 e. The van der Waals surface area contributed by atoms with Crippen LogP contribution in [0.25, 0.3) is 0 Å². The van der Waals surface area contributed by atoms with E-state index in [9.17, 15) is 4.79 Å². The minimum atomic E-state index is -0.288. The average Bonchev–Trinajstić information content (AvgIpc) is 2.16. The van der Waals surface area contributed by atoms with Crippen molar-refractivity contribution in [1.29, 1.82) is 0 Å². The summed E-state index contributed by atoms with van der Waals surface area (Å²) in [5.41, 5.74) is 1.52. The van der Waals surface area contributed by atoms with Gasteiger partial charge in [0.15, 0.2) is 0 Å². The summed E-state index contributed by atoms with van der Waals surface area (Å²) in [5.74, 6) is -0.288. The highest BCUT2D eigenvalue weighted by atomic mass is 16.5. The number of ether oxygens (including phenoxy) is 1. The van der Waals surface area contributed by atoms with Gasteiger partial charge in [0, 0.05) is 0 Å². The summed E-state index contributed by atoms with van der Waals surface area (Å²) in [5, 5.41) is 1.88. The first-order valence-electron chi connectivity index (χ1n) is 3.76. The summed E-state index contributed by atoms with van der Waals surface area (Å²) >= 11 is 0. The Kier molecular flexibility index (Phi) is 2.82. The van der Waals surface area contributed by atoms with Crippen LogP contribution >= 0.6 is 0 Å². The van der Waals surface area contributed by atoms with Gasteiger partial charge in [-0.2, -0.15) is 0 Å². The van der Waals surface area contributed by atoms with Crippen molar-refractivity contribution >= 4 is 11.7 Å². The fraction of sp³-hybridized carbons (Fsp3) is 0.222. The molecule has 0 saturated carbocycles. The van der Waals surface area contributed by atoms with Crippen LogP contribution in [0.2, 0.25) is 0 Å². The first kappa shape index (κ1) is 8.74. The second-order valence-electron chi connectivity index (χ2n) is 2.37. The Bertz CT molecular complexity index is 284. The van der Waals surface area contributed by atoms with Crippen molar-refractivity contribution < 1.29 is 14.8 Å². The van der Waals surface area contributed by atoms with Crippen LogP contribution in [0.4, 0.5) is 5.69 Å². The third kappa shape index (κ3) is 1.62. The van der Waals surface area contributed by atoms with Gasteiger partial charge in [0.1, 0.15) is 11.3 Å². The number of nitrogens with two attached hydrogens (primary N) is 1. The van der Waals surface area contributed by atoms with Gasteiger partial charge < -0.3 is 10.1 Å². The number of esters is 1. The largest absolute Gasteiger partial charge is 0.465 e. The normalized spacial score (nSPS) is 9.50. The van der Waals surface area contributed by atoms with E-state index in [0.29, 0.717) is 5.56 Å². The maximum atomic E-state index is 11.2. The molecule has 0 saturated heterocycles. The number of quaternary nitrogens is 1. The maximum Gasteiger partial charge on any atom is 0.343 e. The van der Waals surface area contributed by atoms with E-state index in [4.69, 9.17) is 0 Å². The smallest absolute Gasteiger partial charge is 0.343 e. The molecule has 2 N–H and O–H groups in total. The first-order chi connectivity index (χ1) is 5.79. The molecule has 0 atom stereocenters. The van der Waals surface area contributed by atoms with Crippen LogP contribution < -0.4 is 5.32 Å². The molecule has 64 valence electrons. The zero-order valence-corrected chi connectivity index (χ0v) is 7.20. The molecular weight excluding hydrogens is 154 g/mol. The fourth-order valence-electron chi connectivity index (χ4n) is 1.04. The van der Waals surface area contributed by atoms with E-state index in [1.54, 1.807) is 6.07 Å². The highest BCUT2D eigenvalue weighted by molar-refractivity contribution is 5.93. The number of carbonyl (C=O) groups excluding carboxylic acids is 1. The molecule has 0 amide bonds. The maximum absolute atomic E-state index is 11.2. The number of hydrogen-bond donors (Lipinski definition) is 1. The van der Waals surface area contributed by atoms with Crippen LogP contribution in [-0.2, 0) is 4.74 Å². The molecule has 1 aromatic rings. The highest BCUT2D eigenvalue weighted by Gasteiger charge is 2.11. The van der Waals surface area contributed by atoms with Crippen LogP contribution in [0.1, 0.15) is 10.4 Å². The van der Waals surface area contributed by atoms with E-state index in [2.05, 4.69) is 4.74 Å². The molecule has 0 heterocycles. The van der Waals surface area contributed by atoms with Crippen LogP contribution in [0.5, 0.6) is 0 Å². The lowest BCUT2D eigenvalue weighted by atomic mass is 10.2. The number of carbonyl (C=O) groups is 1. The summed E-state index contributed by atoms with van der Waals surface area (Å²) in [6, 6.07) is 7.34. The standard InChI is InChI=1S/C9H11NO2/c1-10-8-6-4-3-5-7(8)9(11)12-2/h3-6,10H,1-2H3/p+1. The van der Waals surface area contributed by atoms with Crippen molar-refractivity contribution in [3.63, 3.8) is 0 Å². The Balaban J connectivity index is 3.04. The van der Waals surface area contributed by atoms with E-state index in [0.717, 1.165) is 5.69 Å². The highest BCUT2D eigenvalue weighted by Crippen LogP contribution is 2.09. The van der Waals surface area contributed by atoms with Gasteiger partial charge in [-0.1, -0.05) is 12.1 Å². The van der Waals surface area contributed by atoms with E-state index < -0.39 is 0 Å². The van der Waals surface area contributed by atoms with E-state index in [1.807, 2.05) is 30.6 Å². The van der Waals surface area contributed by atoms with Crippen LogP contribution in [0, 0.1) is 0 Å². The van der Waals surface area contributed by atoms with Crippen molar-refractivity contribution in [1.82, 2.24) is 0 Å². The summed E-state index contributed by atoms with van der Waals surface area (Å²) < 4.78 is 4.62. The summed E-state index contributed by atoms with van der Waals surface area (Å²) in [6.45, 7) is 0. The van der Waals surface area contributed by atoms with Gasteiger partial charge in [-0.15, -0.1) is 0 Å². The Labute approximate surface area is 71.4 Å². The van der Waals surface area contributed by atoms with Gasteiger partial charge in [-0.25, -0.2) is 4.79 Å². The third-order valence-electron chi connectivity index (χ3n) is 1.68. The van der Waals surface area contributed by atoms with Crippen molar-refractivity contribution in [2.24, 2.45) is 0 Å². The molecule has 3 nitrogen and oxygen atoms in total. The van der Waals surface area contributed by atoms with Gasteiger partial charge in [0.2, 0.25) is 0 Å². The lowest BCUT2D eigenvalue weighted by Crippen LogP contribution is -2.73. The van der Waals surface area contributed by atoms with Gasteiger partial charge >= 0.3 is 5.97 Å². The van der Waals surface area contributed by atoms with Gasteiger partial charge in [-0.3, -0.25) is 0 Å². The summed E-state index contributed by atoms with van der Waals surface area (Å²) in [6.07, 6.45) is 0. The van der Waals surface area contributed by atoms with Crippen LogP contribution in [0.3, 0.4) is 0 Å². The summed E-state index contributed by atoms with van der Waals surface area (Å²) in [4.78, 5) is 11.2. The van der Waals surface area contributed by atoms with Crippen LogP contribution in [0.15, 0.2) is 24.3 Å². The third-order valence-corrected chi connectivity index (χ3v) is 1.68. The topological polar surface area (TPSA) is 42.9 Å². The molecule has 0 unspecified atom stereocenters. The molecule has 12 heavy (non-hydrogen) atoms. The Morgan fingerprint density at radius 1 is 1.42 bits per heavy atom. The van der Waals surface area contributed by atoms with E-state index >= 15 is 0 Å². The molecule has 1 aromatic carbocycles. The molecule has 0 radical (unpaired) electrons. The zero-order chi connectivity index (χ0) is 8.97. The first-order valence-corrected chi connectivity index (χ1v) is 3.76. The number of rotatable bonds is 2. The van der Waals surface area contributed by atoms with Crippen molar-refractivity contribution in [2.45, 2.75) is 0 Å². The second-order valence-corrected chi connectivity index (χ2v) is 2.37. The van der Waals surface area contributed by atoms with Gasteiger partial charge in [-0.05, 0) is 12.1 Å². The monoisotopic (exact) mass is 166 g/mol. The lowest BCUT2D eigenvalue weighted by Gasteiger charge is -2.01. The molecule has 0 aliphatic rings. The number of methoxy groups -OCH3 is 1. The Hall–Kier alpha value is -1.35. The van der Waals surface area contributed by atoms with E-state index in [-0.39, 0.29) is 5.97 Å². The quantitative estimate of drug-likeness (QED) is 0.507. The molecule has 1 rings (SSSR count). The molecule has 0 aliphatic carbocycles. The summed E-state index contributed by atoms with van der Waals surface area (Å²) in [7, 11) is 3.27. The number of para-hydroxylation sites is 1. The average molecular weight is 166 g/mol. The molecule has 3 heteroatoms. The molecule has 0 fully saturated rings. The predicted octanol–water partition coefficient (Wildman–Crippen LogP) is 0.298. The number of hydrogen-bond acceptors (Lipinski definition) is 2. The van der Waals surface area contributed by atoms with Gasteiger partial charge in [0.25, 0.3) is 0 Å². The molecule has 0 spiro atoms. The molecular formula is C9H12NO2+. The number of benzene rings is 1. The Morgan fingerprint density at radius 3 is 2.67 bits per heavy atom. The lowest BCUT2D eigenvalue weighted by molar-refractivity contribution is -0.539. The second kappa shape index (κ2) is 3.88. The zero-order valence-electron chi connectivity index (χ0n) is 7.20. The van der Waals surface area contributed by atoms with Crippen molar-refractivity contribution in [3.05, 3.63) is 29.8 Å². The minimum absolute atomic E-state index is 0.288. The molecule has 0 bridgehead atoms. The SMILES string of the molecule is C[NH2+]c1ccccc1C(=O)OC. The molecule has 0 aromatic heterocycles. The Morgan fingerprint density at radius 2 is 2.08 bits per heavy atom.